The predicted octanol–water partition coefficient (Wildman–Crippen LogP) is 6.46. The Labute approximate surface area is 248 Å². The lowest BCUT2D eigenvalue weighted by molar-refractivity contribution is -0.141. The van der Waals surface area contributed by atoms with Gasteiger partial charge >= 0.3 is 6.18 Å². The zero-order chi connectivity index (χ0) is 29.8. The molecular weight excluding hydrogens is 590 g/mol. The van der Waals surface area contributed by atoms with Crippen molar-refractivity contribution in [1.82, 2.24) is 14.9 Å². The average molecular weight is 614 g/mol. The van der Waals surface area contributed by atoms with E-state index >= 15 is 0 Å². The second kappa shape index (κ2) is 10.6. The molecule has 1 aromatic heterocycles. The molecule has 1 amide bonds. The van der Waals surface area contributed by atoms with Crippen LogP contribution in [0.4, 0.5) is 13.2 Å². The highest BCUT2D eigenvalue weighted by atomic mass is 35.5. The molecule has 1 aliphatic heterocycles. The van der Waals surface area contributed by atoms with E-state index in [-0.39, 0.29) is 34.8 Å². The molecule has 11 heteroatoms. The Morgan fingerprint density at radius 2 is 1.76 bits per heavy atom. The molecule has 0 radical (unpaired) electrons. The van der Waals surface area contributed by atoms with Crippen LogP contribution in [-0.2, 0) is 29.4 Å². The number of aromatic amines is 1. The van der Waals surface area contributed by atoms with E-state index in [9.17, 15) is 27.9 Å². The summed E-state index contributed by atoms with van der Waals surface area (Å²) in [7, 11) is 0. The third-order valence-corrected chi connectivity index (χ3v) is 8.41. The summed E-state index contributed by atoms with van der Waals surface area (Å²) in [6.07, 6.45) is -4.18. The van der Waals surface area contributed by atoms with Gasteiger partial charge in [0.05, 0.1) is 28.8 Å². The first-order chi connectivity index (χ1) is 19.9. The fourth-order valence-electron chi connectivity index (χ4n) is 5.54. The number of aliphatic hydroxyl groups is 1. The third-order valence-electron chi connectivity index (χ3n) is 7.96. The summed E-state index contributed by atoms with van der Waals surface area (Å²) in [6, 6.07) is 16.8. The highest BCUT2D eigenvalue weighted by Gasteiger charge is 2.49. The number of halogens is 5. The first-order valence-corrected chi connectivity index (χ1v) is 14.0. The fourth-order valence-corrected chi connectivity index (χ4v) is 5.96. The number of rotatable bonds is 5. The lowest BCUT2D eigenvalue weighted by atomic mass is 9.94. The van der Waals surface area contributed by atoms with Crippen LogP contribution in [0.3, 0.4) is 0 Å². The Balaban J connectivity index is 1.23. The van der Waals surface area contributed by atoms with Crippen LogP contribution in [0.2, 0.25) is 10.0 Å². The number of carbonyl (C=O) groups excluding carboxylic acids is 1. The highest BCUT2D eigenvalue weighted by molar-refractivity contribution is 6.31. The van der Waals surface area contributed by atoms with Gasteiger partial charge in [-0.3, -0.25) is 9.59 Å². The molecule has 0 bridgehead atoms. The van der Waals surface area contributed by atoms with Gasteiger partial charge in [-0.2, -0.15) is 13.2 Å². The summed E-state index contributed by atoms with van der Waals surface area (Å²) in [5, 5.41) is 11.5. The van der Waals surface area contributed by atoms with Crippen LogP contribution in [0.25, 0.3) is 11.1 Å². The zero-order valence-corrected chi connectivity index (χ0v) is 23.5. The smallest absolute Gasteiger partial charge is 0.378 e. The lowest BCUT2D eigenvalue weighted by Crippen LogP contribution is -2.42. The number of amides is 1. The molecule has 2 N–H and O–H groups in total. The molecule has 0 unspecified atom stereocenters. The number of benzene rings is 3. The van der Waals surface area contributed by atoms with Crippen LogP contribution in [0, 0.1) is 0 Å². The number of alkyl halides is 3. The monoisotopic (exact) mass is 613 g/mol. The molecule has 216 valence electrons. The van der Waals surface area contributed by atoms with Crippen LogP contribution in [0.5, 0.6) is 0 Å². The Bertz CT molecular complexity index is 1770. The minimum atomic E-state index is -4.58. The van der Waals surface area contributed by atoms with E-state index in [4.69, 9.17) is 28.2 Å². The van der Waals surface area contributed by atoms with Gasteiger partial charge in [0, 0.05) is 23.0 Å². The number of nitrogens with one attached hydrogen (secondary N) is 1. The van der Waals surface area contributed by atoms with Gasteiger partial charge in [0.2, 0.25) is 0 Å². The molecular formula is C31H24Cl2F3N3O3. The van der Waals surface area contributed by atoms with Crippen LogP contribution >= 0.6 is 23.2 Å². The zero-order valence-electron chi connectivity index (χ0n) is 22.0. The van der Waals surface area contributed by atoms with E-state index in [0.29, 0.717) is 34.1 Å². The van der Waals surface area contributed by atoms with E-state index in [2.05, 4.69) is 4.98 Å². The summed E-state index contributed by atoms with van der Waals surface area (Å²) >= 11 is 12.1. The maximum absolute atomic E-state index is 13.3. The standard InChI is InChI=1S/C31H24Cl2F3N3O3/c32-22-6-2-5-20(14-22)30(8-9-30)29-37-25-7-10-39(16-24(25)27(41)38-29)28(42)26(40)18-4-1-3-17(11-18)19-12-21(31(34,35)36)15-23(33)13-19/h1-6,11-15,26,40H,7-10,16H2,(H,37,38,41)/t26-/m1/s1. The summed E-state index contributed by atoms with van der Waals surface area (Å²) in [6.45, 7) is 0.215. The van der Waals surface area contributed by atoms with Gasteiger partial charge in [0.1, 0.15) is 5.82 Å². The average Bonchev–Trinajstić information content (AvgIpc) is 3.78. The Morgan fingerprint density at radius 3 is 2.48 bits per heavy atom. The normalized spacial score (nSPS) is 16.6. The number of fused-ring (bicyclic) bond motifs is 1. The van der Waals surface area contributed by atoms with Crippen molar-refractivity contribution < 1.29 is 23.1 Å². The number of carbonyl (C=O) groups is 1. The summed E-state index contributed by atoms with van der Waals surface area (Å²) in [4.78, 5) is 35.6. The van der Waals surface area contributed by atoms with E-state index in [0.717, 1.165) is 30.5 Å². The Hall–Kier alpha value is -3.66. The molecule has 0 saturated heterocycles. The van der Waals surface area contributed by atoms with Crippen molar-refractivity contribution in [3.8, 4) is 11.1 Å². The minimum Gasteiger partial charge on any atom is -0.378 e. The lowest BCUT2D eigenvalue weighted by Gasteiger charge is -2.30. The Morgan fingerprint density at radius 1 is 1.00 bits per heavy atom. The number of nitrogens with zero attached hydrogens (tertiary/aromatic N) is 2. The van der Waals surface area contributed by atoms with Crippen molar-refractivity contribution in [3.05, 3.63) is 121 Å². The molecule has 3 aromatic carbocycles. The molecule has 6 nitrogen and oxygen atoms in total. The van der Waals surface area contributed by atoms with E-state index in [1.165, 1.54) is 23.1 Å². The molecule has 1 atom stereocenters. The van der Waals surface area contributed by atoms with Gasteiger partial charge in [0.15, 0.2) is 6.10 Å². The molecule has 2 aliphatic rings. The molecule has 1 aliphatic carbocycles. The second-order valence-electron chi connectivity index (χ2n) is 10.7. The molecule has 42 heavy (non-hydrogen) atoms. The number of aromatic nitrogens is 2. The van der Waals surface area contributed by atoms with Crippen LogP contribution in [0.15, 0.2) is 71.5 Å². The van der Waals surface area contributed by atoms with Gasteiger partial charge in [-0.25, -0.2) is 4.98 Å². The summed E-state index contributed by atoms with van der Waals surface area (Å²) in [5.41, 5.74) is 1.10. The third kappa shape index (κ3) is 5.32. The highest BCUT2D eigenvalue weighted by Crippen LogP contribution is 2.52. The fraction of sp³-hybridized carbons (Fsp3) is 0.258. The van der Waals surface area contributed by atoms with Gasteiger partial charge < -0.3 is 15.0 Å². The van der Waals surface area contributed by atoms with Gasteiger partial charge in [-0.1, -0.05) is 53.5 Å². The maximum atomic E-state index is 13.3. The first kappa shape index (κ1) is 28.5. The quantitative estimate of drug-likeness (QED) is 0.270. The molecule has 1 fully saturated rings. The van der Waals surface area contributed by atoms with Crippen molar-refractivity contribution in [3.63, 3.8) is 0 Å². The second-order valence-corrected chi connectivity index (χ2v) is 11.6. The van der Waals surface area contributed by atoms with Crippen molar-refractivity contribution >= 4 is 29.1 Å². The van der Waals surface area contributed by atoms with Crippen molar-refractivity contribution in [1.29, 1.82) is 0 Å². The molecule has 0 spiro atoms. The van der Waals surface area contributed by atoms with Crippen LogP contribution < -0.4 is 5.56 Å². The first-order valence-electron chi connectivity index (χ1n) is 13.3. The number of hydrogen-bond acceptors (Lipinski definition) is 4. The van der Waals surface area contributed by atoms with E-state index in [1.54, 1.807) is 18.2 Å². The van der Waals surface area contributed by atoms with Crippen molar-refractivity contribution in [2.45, 2.75) is 43.5 Å². The minimum absolute atomic E-state index is 0.0269. The van der Waals surface area contributed by atoms with E-state index in [1.807, 2.05) is 18.2 Å². The topological polar surface area (TPSA) is 86.3 Å². The van der Waals surface area contributed by atoms with Gasteiger partial charge in [-0.05, 0) is 71.5 Å². The summed E-state index contributed by atoms with van der Waals surface area (Å²) < 4.78 is 39.9. The van der Waals surface area contributed by atoms with Crippen molar-refractivity contribution in [2.75, 3.05) is 6.54 Å². The number of H-pyrrole nitrogens is 1. The number of hydrogen-bond donors (Lipinski definition) is 2. The Kier molecular flexibility index (Phi) is 7.15. The van der Waals surface area contributed by atoms with Gasteiger partial charge in [0.25, 0.3) is 11.5 Å². The molecule has 1 saturated carbocycles. The summed E-state index contributed by atoms with van der Waals surface area (Å²) in [5.74, 6) is -0.0409. The van der Waals surface area contributed by atoms with Crippen LogP contribution in [-0.4, -0.2) is 32.4 Å². The number of aliphatic hydroxyl groups excluding tert-OH is 1. The van der Waals surface area contributed by atoms with Gasteiger partial charge in [-0.15, -0.1) is 0 Å². The van der Waals surface area contributed by atoms with E-state index < -0.39 is 29.2 Å². The maximum Gasteiger partial charge on any atom is 0.416 e. The van der Waals surface area contributed by atoms with Crippen molar-refractivity contribution in [2.24, 2.45) is 0 Å². The molecule has 6 rings (SSSR count). The predicted molar refractivity (Wildman–Crippen MR) is 152 cm³/mol. The molecule has 4 aromatic rings. The molecule has 2 heterocycles. The SMILES string of the molecule is O=C([C@H](O)c1cccc(-c2cc(Cl)cc(C(F)(F)F)c2)c1)N1CCc2nc(C3(c4cccc(Cl)c4)CC3)[nH]c(=O)c2C1. The van der Waals surface area contributed by atoms with Crippen LogP contribution in [0.1, 0.15) is 52.7 Å². The largest absolute Gasteiger partial charge is 0.416 e.